The van der Waals surface area contributed by atoms with Crippen LogP contribution in [0.4, 0.5) is 0 Å². The lowest BCUT2D eigenvalue weighted by atomic mass is 10.0. The number of Topliss-reactive ketones (excluding diaryl/α,β-unsaturated/α-hetero) is 1. The maximum absolute atomic E-state index is 12.3. The van der Waals surface area contributed by atoms with Crippen LogP contribution in [-0.4, -0.2) is 36.9 Å². The predicted octanol–water partition coefficient (Wildman–Crippen LogP) is 4.38. The van der Waals surface area contributed by atoms with Crippen LogP contribution in [0.25, 0.3) is 10.8 Å². The second-order valence-corrected chi connectivity index (χ2v) is 7.24. The van der Waals surface area contributed by atoms with Crippen LogP contribution in [0.3, 0.4) is 0 Å². The highest BCUT2D eigenvalue weighted by Crippen LogP contribution is 2.18. The molecule has 28 heavy (non-hydrogen) atoms. The first-order chi connectivity index (χ1) is 13.8. The van der Waals surface area contributed by atoms with Gasteiger partial charge in [0.05, 0.1) is 25.9 Å². The number of aryl methyl sites for hydroxylation is 2. The van der Waals surface area contributed by atoms with Gasteiger partial charge in [-0.05, 0) is 35.6 Å². The molecule has 3 aromatic rings. The largest absolute Gasteiger partial charge is 0.376 e. The van der Waals surface area contributed by atoms with Gasteiger partial charge in [0.2, 0.25) is 0 Å². The third-order valence-corrected chi connectivity index (χ3v) is 5.13. The summed E-state index contributed by atoms with van der Waals surface area (Å²) in [5.41, 5.74) is 1.72. The second kappa shape index (κ2) is 9.13. The summed E-state index contributed by atoms with van der Waals surface area (Å²) in [6.07, 6.45) is 3.75. The Morgan fingerprint density at radius 3 is 2.79 bits per heavy atom. The Kier molecular flexibility index (Phi) is 6.14. The molecule has 4 rings (SSSR count). The molecule has 1 aliphatic rings. The van der Waals surface area contributed by atoms with Crippen LogP contribution in [-0.2, 0) is 22.3 Å². The van der Waals surface area contributed by atoms with Gasteiger partial charge in [0.1, 0.15) is 11.5 Å². The molecule has 2 aromatic carbocycles. The lowest BCUT2D eigenvalue weighted by molar-refractivity contribution is -0.0902. The number of hydrogen-bond acceptors (Lipinski definition) is 5. The van der Waals surface area contributed by atoms with Crippen LogP contribution >= 0.6 is 0 Å². The number of carbonyl (C=O) groups excluding carboxylic acids is 1. The van der Waals surface area contributed by atoms with Crippen molar-refractivity contribution < 1.29 is 18.8 Å². The van der Waals surface area contributed by atoms with Gasteiger partial charge in [0.25, 0.3) is 0 Å². The summed E-state index contributed by atoms with van der Waals surface area (Å²) in [4.78, 5) is 12.3. The van der Waals surface area contributed by atoms with Gasteiger partial charge in [-0.2, -0.15) is 0 Å². The van der Waals surface area contributed by atoms with Gasteiger partial charge in [0.15, 0.2) is 5.78 Å². The molecule has 0 amide bonds. The van der Waals surface area contributed by atoms with E-state index >= 15 is 0 Å². The summed E-state index contributed by atoms with van der Waals surface area (Å²) < 4.78 is 16.3. The van der Waals surface area contributed by atoms with Crippen LogP contribution in [0.2, 0.25) is 0 Å². The molecule has 0 radical (unpaired) electrons. The SMILES string of the molecule is O=C(CCC1COCCO1)c1cc(CCCc2ccc3ccccc3c2)on1. The Hall–Kier alpha value is -2.50. The van der Waals surface area contributed by atoms with Gasteiger partial charge >= 0.3 is 0 Å². The first-order valence-electron chi connectivity index (χ1n) is 9.94. The van der Waals surface area contributed by atoms with Crippen LogP contribution in [0.1, 0.15) is 41.1 Å². The van der Waals surface area contributed by atoms with E-state index in [2.05, 4.69) is 47.6 Å². The van der Waals surface area contributed by atoms with Crippen molar-refractivity contribution in [3.63, 3.8) is 0 Å². The van der Waals surface area contributed by atoms with Crippen LogP contribution in [0.15, 0.2) is 53.1 Å². The minimum atomic E-state index is -0.00120. The number of ether oxygens (including phenoxy) is 2. The highest BCUT2D eigenvalue weighted by Gasteiger charge is 2.18. The van der Waals surface area contributed by atoms with E-state index in [4.69, 9.17) is 14.0 Å². The van der Waals surface area contributed by atoms with Crippen molar-refractivity contribution in [2.24, 2.45) is 0 Å². The maximum atomic E-state index is 12.3. The molecule has 0 spiro atoms. The van der Waals surface area contributed by atoms with Gasteiger partial charge in [-0.25, -0.2) is 0 Å². The zero-order valence-electron chi connectivity index (χ0n) is 15.9. The third-order valence-electron chi connectivity index (χ3n) is 5.13. The van der Waals surface area contributed by atoms with Gasteiger partial charge in [0, 0.05) is 18.9 Å². The van der Waals surface area contributed by atoms with Gasteiger partial charge in [-0.1, -0.05) is 47.6 Å². The fourth-order valence-corrected chi connectivity index (χ4v) is 3.55. The number of aromatic nitrogens is 1. The lowest BCUT2D eigenvalue weighted by Crippen LogP contribution is -2.29. The molecule has 0 saturated carbocycles. The minimum absolute atomic E-state index is 0.00120. The Labute approximate surface area is 164 Å². The standard InChI is InChI=1S/C23H25NO4/c25-23(11-10-21-16-26-12-13-27-21)22-15-20(28-24-22)7-3-4-17-8-9-18-5-1-2-6-19(18)14-17/h1-2,5-6,8-9,14-15,21H,3-4,7,10-13,16H2. The van der Waals surface area contributed by atoms with Crippen LogP contribution < -0.4 is 0 Å². The fraction of sp³-hybridized carbons (Fsp3) is 0.391. The minimum Gasteiger partial charge on any atom is -0.376 e. The summed E-state index contributed by atoms with van der Waals surface area (Å²) in [6, 6.07) is 16.7. The van der Waals surface area contributed by atoms with E-state index in [9.17, 15) is 4.79 Å². The van der Waals surface area contributed by atoms with Crippen molar-refractivity contribution in [3.8, 4) is 0 Å². The van der Waals surface area contributed by atoms with Gasteiger partial charge in [-0.15, -0.1) is 0 Å². The van der Waals surface area contributed by atoms with E-state index in [0.717, 1.165) is 25.0 Å². The van der Waals surface area contributed by atoms with Crippen molar-refractivity contribution in [1.82, 2.24) is 5.16 Å². The molecule has 1 atom stereocenters. The number of carbonyl (C=O) groups is 1. The second-order valence-electron chi connectivity index (χ2n) is 7.24. The van der Waals surface area contributed by atoms with E-state index in [1.165, 1.54) is 16.3 Å². The van der Waals surface area contributed by atoms with Gasteiger partial charge < -0.3 is 14.0 Å². The zero-order valence-corrected chi connectivity index (χ0v) is 15.9. The number of ketones is 1. The van der Waals surface area contributed by atoms with Crippen LogP contribution in [0, 0.1) is 0 Å². The summed E-state index contributed by atoms with van der Waals surface area (Å²) in [5.74, 6) is 0.764. The molecule has 2 heterocycles. The lowest BCUT2D eigenvalue weighted by Gasteiger charge is -2.22. The molecule has 146 valence electrons. The first kappa shape index (κ1) is 18.8. The molecule has 0 bridgehead atoms. The monoisotopic (exact) mass is 379 g/mol. The molecule has 0 aliphatic carbocycles. The van der Waals surface area contributed by atoms with E-state index in [1.807, 2.05) is 0 Å². The summed E-state index contributed by atoms with van der Waals surface area (Å²) in [6.45, 7) is 1.80. The van der Waals surface area contributed by atoms with Crippen molar-refractivity contribution in [3.05, 3.63) is 65.5 Å². The Balaban J connectivity index is 1.25. The van der Waals surface area contributed by atoms with E-state index in [0.29, 0.717) is 38.4 Å². The summed E-state index contributed by atoms with van der Waals surface area (Å²) in [7, 11) is 0. The molecule has 1 fully saturated rings. The fourth-order valence-electron chi connectivity index (χ4n) is 3.55. The van der Waals surface area contributed by atoms with Crippen molar-refractivity contribution in [1.29, 1.82) is 0 Å². The van der Waals surface area contributed by atoms with E-state index in [-0.39, 0.29) is 11.9 Å². The van der Waals surface area contributed by atoms with Crippen LogP contribution in [0.5, 0.6) is 0 Å². The normalized spacial score (nSPS) is 17.1. The maximum Gasteiger partial charge on any atom is 0.184 e. The smallest absolute Gasteiger partial charge is 0.184 e. The first-order valence-corrected chi connectivity index (χ1v) is 9.94. The Morgan fingerprint density at radius 2 is 1.93 bits per heavy atom. The average molecular weight is 379 g/mol. The molecule has 5 nitrogen and oxygen atoms in total. The van der Waals surface area contributed by atoms with Crippen molar-refractivity contribution >= 4 is 16.6 Å². The highest BCUT2D eigenvalue weighted by atomic mass is 16.6. The third kappa shape index (κ3) is 4.86. The molecule has 5 heteroatoms. The number of benzene rings is 2. The van der Waals surface area contributed by atoms with Crippen molar-refractivity contribution in [2.45, 2.75) is 38.2 Å². The molecule has 1 unspecified atom stereocenters. The number of hydrogen-bond donors (Lipinski definition) is 0. The number of fused-ring (bicyclic) bond motifs is 1. The van der Waals surface area contributed by atoms with E-state index < -0.39 is 0 Å². The number of nitrogens with zero attached hydrogens (tertiary/aromatic N) is 1. The molecular weight excluding hydrogens is 354 g/mol. The predicted molar refractivity (Wildman–Crippen MR) is 107 cm³/mol. The molecular formula is C23H25NO4. The Bertz CT molecular complexity index is 927. The average Bonchev–Trinajstić information content (AvgIpc) is 3.22. The molecule has 1 aliphatic heterocycles. The van der Waals surface area contributed by atoms with Crippen molar-refractivity contribution in [2.75, 3.05) is 19.8 Å². The molecule has 1 saturated heterocycles. The zero-order chi connectivity index (χ0) is 19.2. The molecule has 0 N–H and O–H groups in total. The topological polar surface area (TPSA) is 61.6 Å². The quantitative estimate of drug-likeness (QED) is 0.544. The summed E-state index contributed by atoms with van der Waals surface area (Å²) >= 11 is 0. The molecule has 1 aromatic heterocycles. The Morgan fingerprint density at radius 1 is 1.04 bits per heavy atom. The highest BCUT2D eigenvalue weighted by molar-refractivity contribution is 5.94. The summed E-state index contributed by atoms with van der Waals surface area (Å²) in [5, 5.41) is 6.47. The van der Waals surface area contributed by atoms with Gasteiger partial charge in [-0.3, -0.25) is 4.79 Å². The van der Waals surface area contributed by atoms with E-state index in [1.54, 1.807) is 6.07 Å². The number of rotatable bonds is 8.